The number of carbonyl (C=O) groups is 5. The molecule has 4 aromatic rings. The molecule has 0 aliphatic carbocycles. The lowest BCUT2D eigenvalue weighted by atomic mass is 10.0. The number of hydrogen-bond acceptors (Lipinski definition) is 7. The number of aromatic nitrogens is 3. The summed E-state index contributed by atoms with van der Waals surface area (Å²) in [5.74, 6) is -3.37. The van der Waals surface area contributed by atoms with Crippen molar-refractivity contribution in [2.75, 3.05) is 6.54 Å². The number of rotatable bonds is 17. The van der Waals surface area contributed by atoms with E-state index in [1.807, 2.05) is 24.3 Å². The molecule has 4 rings (SSSR count). The molecular formula is C33H41N11O5. The van der Waals surface area contributed by atoms with Crippen molar-refractivity contribution in [2.24, 2.45) is 22.2 Å². The maximum Gasteiger partial charge on any atom is 0.247 e. The van der Waals surface area contributed by atoms with Gasteiger partial charge in [0, 0.05) is 55.3 Å². The van der Waals surface area contributed by atoms with Crippen molar-refractivity contribution >= 4 is 46.4 Å². The SMILES string of the molecule is CC(=O)N[C@@H](Cc1cnc[nH]1)C(=O)N[C@H](C(=O)N[C@@H](CCCN=C(N)N)C(=O)N[C@@H](Cc1c[nH]c2ccccc12)C(N)=O)c1ccccc1. The Labute approximate surface area is 282 Å². The largest absolute Gasteiger partial charge is 0.370 e. The average molecular weight is 672 g/mol. The third-order valence-corrected chi connectivity index (χ3v) is 7.69. The molecule has 0 unspecified atom stereocenters. The van der Waals surface area contributed by atoms with E-state index in [0.717, 1.165) is 16.5 Å². The topological polar surface area (TPSA) is 268 Å². The van der Waals surface area contributed by atoms with Gasteiger partial charge in [0.15, 0.2) is 5.96 Å². The third-order valence-electron chi connectivity index (χ3n) is 7.69. The number of para-hydroxylation sites is 1. The van der Waals surface area contributed by atoms with Crippen LogP contribution in [0.4, 0.5) is 0 Å². The van der Waals surface area contributed by atoms with Gasteiger partial charge in [-0.3, -0.25) is 29.0 Å². The highest BCUT2D eigenvalue weighted by atomic mass is 16.2. The molecule has 16 nitrogen and oxygen atoms in total. The molecule has 0 radical (unpaired) electrons. The second-order valence-electron chi connectivity index (χ2n) is 11.4. The number of aromatic amines is 2. The lowest BCUT2D eigenvalue weighted by molar-refractivity contribution is -0.134. The zero-order valence-corrected chi connectivity index (χ0v) is 26.9. The number of amides is 5. The van der Waals surface area contributed by atoms with Gasteiger partial charge < -0.3 is 48.4 Å². The number of nitrogens with zero attached hydrogens (tertiary/aromatic N) is 2. The second-order valence-corrected chi connectivity index (χ2v) is 11.4. The molecule has 0 bridgehead atoms. The summed E-state index contributed by atoms with van der Waals surface area (Å²) in [5, 5.41) is 11.6. The molecule has 2 heterocycles. The van der Waals surface area contributed by atoms with E-state index in [9.17, 15) is 24.0 Å². The van der Waals surface area contributed by atoms with E-state index < -0.39 is 53.7 Å². The molecule has 0 saturated carbocycles. The Hall–Kier alpha value is -6.19. The minimum absolute atomic E-state index is 0.0787. The van der Waals surface area contributed by atoms with Crippen molar-refractivity contribution < 1.29 is 24.0 Å². The fourth-order valence-corrected chi connectivity index (χ4v) is 5.30. The van der Waals surface area contributed by atoms with Gasteiger partial charge in [-0.15, -0.1) is 0 Å². The lowest BCUT2D eigenvalue weighted by Crippen LogP contribution is -2.56. The van der Waals surface area contributed by atoms with Gasteiger partial charge in [-0.25, -0.2) is 4.98 Å². The number of carbonyl (C=O) groups excluding carboxylic acids is 5. The first-order chi connectivity index (χ1) is 23.5. The number of hydrogen-bond donors (Lipinski definition) is 9. The number of guanidine groups is 1. The molecule has 12 N–H and O–H groups in total. The van der Waals surface area contributed by atoms with Crippen LogP contribution < -0.4 is 38.5 Å². The maximum absolute atomic E-state index is 13.9. The van der Waals surface area contributed by atoms with Crippen molar-refractivity contribution in [3.63, 3.8) is 0 Å². The van der Waals surface area contributed by atoms with Crippen molar-refractivity contribution in [1.82, 2.24) is 36.2 Å². The van der Waals surface area contributed by atoms with E-state index >= 15 is 0 Å². The van der Waals surface area contributed by atoms with Gasteiger partial charge in [-0.1, -0.05) is 48.5 Å². The molecular weight excluding hydrogens is 630 g/mol. The van der Waals surface area contributed by atoms with Gasteiger partial charge in [-0.05, 0) is 30.0 Å². The second kappa shape index (κ2) is 17.1. The lowest BCUT2D eigenvalue weighted by Gasteiger charge is -2.26. The zero-order valence-electron chi connectivity index (χ0n) is 26.9. The Balaban J connectivity index is 1.56. The van der Waals surface area contributed by atoms with Crippen molar-refractivity contribution in [2.45, 2.75) is 56.8 Å². The molecule has 0 fully saturated rings. The normalized spacial score (nSPS) is 13.3. The fraction of sp³-hybridized carbons (Fsp3) is 0.303. The van der Waals surface area contributed by atoms with Crippen LogP contribution in [0.1, 0.15) is 42.6 Å². The van der Waals surface area contributed by atoms with Crippen molar-refractivity contribution in [3.05, 3.63) is 90.1 Å². The minimum atomic E-state index is -1.27. The number of nitrogens with two attached hydrogens (primary N) is 3. The molecule has 2 aromatic carbocycles. The van der Waals surface area contributed by atoms with Crippen LogP contribution >= 0.6 is 0 Å². The summed E-state index contributed by atoms with van der Waals surface area (Å²) in [6, 6.07) is 11.3. The zero-order chi connectivity index (χ0) is 35.3. The predicted octanol–water partition coefficient (Wildman–Crippen LogP) is -0.453. The maximum atomic E-state index is 13.9. The quantitative estimate of drug-likeness (QED) is 0.0402. The predicted molar refractivity (Wildman–Crippen MR) is 182 cm³/mol. The summed E-state index contributed by atoms with van der Waals surface area (Å²) in [6.45, 7) is 1.44. The van der Waals surface area contributed by atoms with Gasteiger partial charge in [-0.2, -0.15) is 0 Å². The molecule has 0 spiro atoms. The Morgan fingerprint density at radius 3 is 2.16 bits per heavy atom. The number of fused-ring (bicyclic) bond motifs is 1. The van der Waals surface area contributed by atoms with Crippen LogP contribution in [-0.2, 0) is 36.8 Å². The Morgan fingerprint density at radius 1 is 0.796 bits per heavy atom. The van der Waals surface area contributed by atoms with Gasteiger partial charge >= 0.3 is 0 Å². The highest BCUT2D eigenvalue weighted by molar-refractivity contribution is 5.96. The first-order valence-corrected chi connectivity index (χ1v) is 15.6. The average Bonchev–Trinajstić information content (AvgIpc) is 3.74. The van der Waals surface area contributed by atoms with Crippen LogP contribution in [-0.4, -0.2) is 75.1 Å². The van der Waals surface area contributed by atoms with Gasteiger partial charge in [0.25, 0.3) is 0 Å². The summed E-state index contributed by atoms with van der Waals surface area (Å²) in [4.78, 5) is 79.6. The number of H-pyrrole nitrogens is 2. The Morgan fingerprint density at radius 2 is 1.49 bits per heavy atom. The van der Waals surface area contributed by atoms with Crippen LogP contribution in [0, 0.1) is 0 Å². The third kappa shape index (κ3) is 10.4. The molecule has 5 amide bonds. The van der Waals surface area contributed by atoms with Crippen LogP contribution in [0.15, 0.2) is 78.3 Å². The number of nitrogens with one attached hydrogen (secondary N) is 6. The molecule has 4 atom stereocenters. The van der Waals surface area contributed by atoms with Gasteiger partial charge in [0.05, 0.1) is 6.33 Å². The van der Waals surface area contributed by atoms with E-state index in [0.29, 0.717) is 11.3 Å². The number of imidazole rings is 1. The van der Waals surface area contributed by atoms with Crippen molar-refractivity contribution in [3.8, 4) is 0 Å². The van der Waals surface area contributed by atoms with E-state index in [1.165, 1.54) is 19.4 Å². The molecule has 0 aliphatic rings. The number of aliphatic imine (C=N–C) groups is 1. The summed E-state index contributed by atoms with van der Waals surface area (Å²) in [7, 11) is 0. The van der Waals surface area contributed by atoms with Crippen LogP contribution in [0.5, 0.6) is 0 Å². The van der Waals surface area contributed by atoms with E-state index in [2.05, 4.69) is 41.2 Å². The molecule has 2 aromatic heterocycles. The standard InChI is InChI=1S/C33H41N11O5/c1-19(45)41-27(15-22-17-37-18-40-22)31(48)44-28(20-8-3-2-4-9-20)32(49)42-25(12-7-13-38-33(35)36)30(47)43-26(29(34)46)14-21-16-39-24-11-6-5-10-23(21)24/h2-6,8-11,16-18,25-28,39H,7,12-15H2,1H3,(H2,34,46)(H,37,40)(H,41,45)(H,42,49)(H,43,47)(H,44,48)(H4,35,36,38)/t25-,26-,27-,28-/m0/s1. The molecule has 258 valence electrons. The molecule has 0 saturated heterocycles. The summed E-state index contributed by atoms with van der Waals surface area (Å²) >= 11 is 0. The highest BCUT2D eigenvalue weighted by Crippen LogP contribution is 2.20. The fourth-order valence-electron chi connectivity index (χ4n) is 5.30. The van der Waals surface area contributed by atoms with E-state index in [4.69, 9.17) is 17.2 Å². The van der Waals surface area contributed by atoms with E-state index in [1.54, 1.807) is 36.5 Å². The Bertz CT molecular complexity index is 1770. The molecule has 0 aliphatic heterocycles. The van der Waals surface area contributed by atoms with Gasteiger partial charge in [0.2, 0.25) is 29.5 Å². The van der Waals surface area contributed by atoms with Crippen molar-refractivity contribution in [1.29, 1.82) is 0 Å². The Kier molecular flexibility index (Phi) is 12.4. The van der Waals surface area contributed by atoms with Crippen LogP contribution in [0.3, 0.4) is 0 Å². The molecule has 16 heteroatoms. The number of primary amides is 1. The molecule has 49 heavy (non-hydrogen) atoms. The summed E-state index contributed by atoms with van der Waals surface area (Å²) < 4.78 is 0. The summed E-state index contributed by atoms with van der Waals surface area (Å²) in [6.07, 6.45) is 5.26. The van der Waals surface area contributed by atoms with Crippen LogP contribution in [0.2, 0.25) is 0 Å². The monoisotopic (exact) mass is 671 g/mol. The van der Waals surface area contributed by atoms with Gasteiger partial charge in [0.1, 0.15) is 24.2 Å². The first-order valence-electron chi connectivity index (χ1n) is 15.6. The smallest absolute Gasteiger partial charge is 0.247 e. The first kappa shape index (κ1) is 35.7. The number of benzene rings is 2. The minimum Gasteiger partial charge on any atom is -0.370 e. The summed E-state index contributed by atoms with van der Waals surface area (Å²) in [5.41, 5.74) is 19.3. The van der Waals surface area contributed by atoms with Crippen LogP contribution in [0.25, 0.3) is 10.9 Å². The van der Waals surface area contributed by atoms with E-state index in [-0.39, 0.29) is 38.2 Å². The highest BCUT2D eigenvalue weighted by Gasteiger charge is 2.32.